The fourth-order valence-electron chi connectivity index (χ4n) is 1.60. The van der Waals surface area contributed by atoms with E-state index in [1.807, 2.05) is 6.92 Å². The van der Waals surface area contributed by atoms with Crippen molar-refractivity contribution in [1.29, 1.82) is 0 Å². The van der Waals surface area contributed by atoms with Gasteiger partial charge in [-0.2, -0.15) is 0 Å². The van der Waals surface area contributed by atoms with Crippen LogP contribution in [0.4, 0.5) is 4.79 Å². The Morgan fingerprint density at radius 3 is 2.28 bits per heavy atom. The molecule has 0 aliphatic carbocycles. The molecular formula is C13H25NO4. The lowest BCUT2D eigenvalue weighted by Gasteiger charge is -2.24. The molecule has 2 atom stereocenters. The van der Waals surface area contributed by atoms with Crippen LogP contribution >= 0.6 is 0 Å². The Morgan fingerprint density at radius 1 is 1.33 bits per heavy atom. The van der Waals surface area contributed by atoms with Crippen molar-refractivity contribution < 1.29 is 19.4 Å². The maximum Gasteiger partial charge on any atom is 0.407 e. The van der Waals surface area contributed by atoms with E-state index in [-0.39, 0.29) is 6.04 Å². The molecule has 0 aromatic carbocycles. The lowest BCUT2D eigenvalue weighted by Crippen LogP contribution is -2.40. The molecule has 0 heterocycles. The van der Waals surface area contributed by atoms with E-state index in [4.69, 9.17) is 9.84 Å². The molecule has 5 heteroatoms. The highest BCUT2D eigenvalue weighted by Crippen LogP contribution is 2.13. The number of ether oxygens (including phenoxy) is 1. The van der Waals surface area contributed by atoms with Crippen LogP contribution in [0.2, 0.25) is 0 Å². The average molecular weight is 259 g/mol. The molecule has 0 spiro atoms. The summed E-state index contributed by atoms with van der Waals surface area (Å²) in [6.45, 7) is 9.01. The van der Waals surface area contributed by atoms with E-state index in [9.17, 15) is 9.59 Å². The first-order valence-electron chi connectivity index (χ1n) is 6.38. The van der Waals surface area contributed by atoms with E-state index in [1.165, 1.54) is 0 Å². The Kier molecular flexibility index (Phi) is 6.73. The topological polar surface area (TPSA) is 75.6 Å². The number of hydrogen-bond acceptors (Lipinski definition) is 3. The normalized spacial score (nSPS) is 14.7. The Morgan fingerprint density at radius 2 is 1.89 bits per heavy atom. The molecule has 2 unspecified atom stereocenters. The zero-order valence-corrected chi connectivity index (χ0v) is 11.9. The van der Waals surface area contributed by atoms with Crippen molar-refractivity contribution in [3.8, 4) is 0 Å². The number of amides is 1. The first kappa shape index (κ1) is 16.7. The SMILES string of the molecule is CCCC(CC(C)C(=O)O)NC(=O)OC(C)(C)C. The van der Waals surface area contributed by atoms with E-state index in [2.05, 4.69) is 5.32 Å². The minimum atomic E-state index is -0.845. The van der Waals surface area contributed by atoms with Crippen molar-refractivity contribution >= 4 is 12.1 Å². The van der Waals surface area contributed by atoms with Gasteiger partial charge in [0.2, 0.25) is 0 Å². The van der Waals surface area contributed by atoms with Crippen molar-refractivity contribution in [2.45, 2.75) is 65.5 Å². The molecule has 5 nitrogen and oxygen atoms in total. The first-order valence-corrected chi connectivity index (χ1v) is 6.38. The first-order chi connectivity index (χ1) is 8.15. The van der Waals surface area contributed by atoms with Gasteiger partial charge in [0, 0.05) is 6.04 Å². The van der Waals surface area contributed by atoms with Crippen LogP contribution in [0.3, 0.4) is 0 Å². The van der Waals surface area contributed by atoms with Gasteiger partial charge in [0.05, 0.1) is 5.92 Å². The minimum Gasteiger partial charge on any atom is -0.481 e. The number of nitrogens with one attached hydrogen (secondary N) is 1. The van der Waals surface area contributed by atoms with E-state index in [1.54, 1.807) is 27.7 Å². The lowest BCUT2D eigenvalue weighted by molar-refractivity contribution is -0.141. The second-order valence-corrected chi connectivity index (χ2v) is 5.61. The van der Waals surface area contributed by atoms with Gasteiger partial charge in [-0.15, -0.1) is 0 Å². The molecular weight excluding hydrogens is 234 g/mol. The van der Waals surface area contributed by atoms with Crippen molar-refractivity contribution in [3.63, 3.8) is 0 Å². The van der Waals surface area contributed by atoms with E-state index in [0.717, 1.165) is 12.8 Å². The zero-order chi connectivity index (χ0) is 14.3. The predicted molar refractivity (Wildman–Crippen MR) is 69.5 cm³/mol. The number of carbonyl (C=O) groups is 2. The third-order valence-electron chi connectivity index (χ3n) is 2.42. The monoisotopic (exact) mass is 259 g/mol. The summed E-state index contributed by atoms with van der Waals surface area (Å²) in [5, 5.41) is 11.6. The van der Waals surface area contributed by atoms with Crippen LogP contribution in [-0.4, -0.2) is 28.8 Å². The number of carbonyl (C=O) groups excluding carboxylic acids is 1. The highest BCUT2D eigenvalue weighted by atomic mass is 16.6. The molecule has 0 fully saturated rings. The number of carboxylic acids is 1. The molecule has 0 aromatic rings. The van der Waals surface area contributed by atoms with Gasteiger partial charge in [-0.05, 0) is 33.6 Å². The fourth-order valence-corrected chi connectivity index (χ4v) is 1.60. The van der Waals surface area contributed by atoms with E-state index in [0.29, 0.717) is 6.42 Å². The van der Waals surface area contributed by atoms with Crippen LogP contribution in [0.5, 0.6) is 0 Å². The van der Waals surface area contributed by atoms with Crippen LogP contribution in [0, 0.1) is 5.92 Å². The molecule has 0 rings (SSSR count). The predicted octanol–water partition coefficient (Wildman–Crippen LogP) is 2.79. The maximum atomic E-state index is 11.6. The van der Waals surface area contributed by atoms with Crippen LogP contribution in [-0.2, 0) is 9.53 Å². The minimum absolute atomic E-state index is 0.157. The van der Waals surface area contributed by atoms with Gasteiger partial charge >= 0.3 is 12.1 Å². The quantitative estimate of drug-likeness (QED) is 0.769. The molecule has 0 bridgehead atoms. The van der Waals surface area contributed by atoms with Gasteiger partial charge in [-0.3, -0.25) is 4.79 Å². The number of rotatable bonds is 6. The second-order valence-electron chi connectivity index (χ2n) is 5.61. The third-order valence-corrected chi connectivity index (χ3v) is 2.42. The summed E-state index contributed by atoms with van der Waals surface area (Å²) in [5.41, 5.74) is -0.542. The number of aliphatic carboxylic acids is 1. The fraction of sp³-hybridized carbons (Fsp3) is 0.846. The Bertz CT molecular complexity index is 283. The van der Waals surface area contributed by atoms with Crippen LogP contribution in [0.1, 0.15) is 53.9 Å². The van der Waals surface area contributed by atoms with E-state index < -0.39 is 23.6 Å². The average Bonchev–Trinajstić information content (AvgIpc) is 2.14. The van der Waals surface area contributed by atoms with Crippen LogP contribution in [0.25, 0.3) is 0 Å². The molecule has 18 heavy (non-hydrogen) atoms. The van der Waals surface area contributed by atoms with Crippen LogP contribution < -0.4 is 5.32 Å². The van der Waals surface area contributed by atoms with Gasteiger partial charge in [0.1, 0.15) is 5.60 Å². The van der Waals surface area contributed by atoms with Crippen molar-refractivity contribution in [2.75, 3.05) is 0 Å². The molecule has 0 saturated carbocycles. The lowest BCUT2D eigenvalue weighted by atomic mass is 9.99. The third kappa shape index (κ3) is 7.92. The Labute approximate surface area is 109 Å². The zero-order valence-electron chi connectivity index (χ0n) is 11.9. The van der Waals surface area contributed by atoms with Crippen molar-refractivity contribution in [2.24, 2.45) is 5.92 Å². The summed E-state index contributed by atoms with van der Waals surface area (Å²) in [5.74, 6) is -1.32. The van der Waals surface area contributed by atoms with Gasteiger partial charge in [0.25, 0.3) is 0 Å². The molecule has 0 aliphatic rings. The summed E-state index contributed by atoms with van der Waals surface area (Å²) >= 11 is 0. The summed E-state index contributed by atoms with van der Waals surface area (Å²) in [7, 11) is 0. The maximum absolute atomic E-state index is 11.6. The Balaban J connectivity index is 4.35. The number of hydrogen-bond donors (Lipinski definition) is 2. The van der Waals surface area contributed by atoms with Gasteiger partial charge < -0.3 is 15.2 Å². The van der Waals surface area contributed by atoms with Crippen molar-refractivity contribution in [3.05, 3.63) is 0 Å². The van der Waals surface area contributed by atoms with Crippen LogP contribution in [0.15, 0.2) is 0 Å². The Hall–Kier alpha value is -1.26. The number of carboxylic acid groups (broad SMARTS) is 1. The molecule has 1 amide bonds. The molecule has 0 aliphatic heterocycles. The summed E-state index contributed by atoms with van der Waals surface area (Å²) < 4.78 is 5.16. The molecule has 0 saturated heterocycles. The standard InChI is InChI=1S/C13H25NO4/c1-6-7-10(8-9(2)11(15)16)14-12(17)18-13(3,4)5/h9-10H,6-8H2,1-5H3,(H,14,17)(H,15,16). The summed E-state index contributed by atoms with van der Waals surface area (Å²) in [6.07, 6.45) is 1.56. The largest absolute Gasteiger partial charge is 0.481 e. The van der Waals surface area contributed by atoms with Gasteiger partial charge in [-0.1, -0.05) is 20.3 Å². The van der Waals surface area contributed by atoms with Gasteiger partial charge in [-0.25, -0.2) is 4.79 Å². The highest BCUT2D eigenvalue weighted by Gasteiger charge is 2.22. The molecule has 106 valence electrons. The van der Waals surface area contributed by atoms with Crippen molar-refractivity contribution in [1.82, 2.24) is 5.32 Å². The molecule has 0 aromatic heterocycles. The number of alkyl carbamates (subject to hydrolysis) is 1. The summed E-state index contributed by atoms with van der Waals surface area (Å²) in [6, 6.07) is -0.157. The van der Waals surface area contributed by atoms with E-state index >= 15 is 0 Å². The highest BCUT2D eigenvalue weighted by molar-refractivity contribution is 5.70. The summed E-state index contributed by atoms with van der Waals surface area (Å²) in [4.78, 5) is 22.4. The van der Waals surface area contributed by atoms with Gasteiger partial charge in [0.15, 0.2) is 0 Å². The smallest absolute Gasteiger partial charge is 0.407 e. The molecule has 2 N–H and O–H groups in total. The second kappa shape index (κ2) is 7.24. The molecule has 0 radical (unpaired) electrons.